The number of aryl methyl sites for hydroxylation is 1. The van der Waals surface area contributed by atoms with Crippen molar-refractivity contribution in [2.45, 2.75) is 32.4 Å². The second kappa shape index (κ2) is 7.85. The fraction of sp³-hybridized carbons (Fsp3) is 0.412. The maximum Gasteiger partial charge on any atom is 0.320 e. The summed E-state index contributed by atoms with van der Waals surface area (Å²) in [5.41, 5.74) is 0.701. The summed E-state index contributed by atoms with van der Waals surface area (Å²) in [6, 6.07) is 6.61. The van der Waals surface area contributed by atoms with Crippen LogP contribution in [0.15, 0.2) is 30.5 Å². The molecular weight excluding hydrogens is 336 g/mol. The normalized spacial score (nSPS) is 16.6. The summed E-state index contributed by atoms with van der Waals surface area (Å²) in [6.07, 6.45) is 2.83. The number of hydrogen-bond donors (Lipinski definition) is 2. The zero-order valence-corrected chi connectivity index (χ0v) is 14.8. The number of para-hydroxylation sites is 2. The molecule has 0 unspecified atom stereocenters. The molecule has 9 heteroatoms. The molecule has 2 N–H and O–H groups in total. The highest BCUT2D eigenvalue weighted by molar-refractivity contribution is 5.98. The van der Waals surface area contributed by atoms with Crippen molar-refractivity contribution in [3.8, 4) is 5.75 Å². The summed E-state index contributed by atoms with van der Waals surface area (Å²) >= 11 is 0. The van der Waals surface area contributed by atoms with Crippen LogP contribution in [0.4, 0.5) is 16.3 Å². The Kier molecular flexibility index (Phi) is 5.35. The quantitative estimate of drug-likeness (QED) is 0.817. The van der Waals surface area contributed by atoms with Gasteiger partial charge in [-0.25, -0.2) is 4.79 Å². The van der Waals surface area contributed by atoms with E-state index >= 15 is 0 Å². The fourth-order valence-corrected chi connectivity index (χ4v) is 2.92. The molecule has 0 aliphatic carbocycles. The van der Waals surface area contributed by atoms with E-state index in [4.69, 9.17) is 4.74 Å². The second-order valence-corrected chi connectivity index (χ2v) is 6.04. The van der Waals surface area contributed by atoms with Gasteiger partial charge in [0.2, 0.25) is 5.91 Å². The molecule has 1 fully saturated rings. The molecule has 138 valence electrons. The lowest BCUT2D eigenvalue weighted by Gasteiger charge is -2.19. The average Bonchev–Trinajstić information content (AvgIpc) is 3.21. The maximum absolute atomic E-state index is 12.3. The van der Waals surface area contributed by atoms with E-state index in [0.717, 1.165) is 13.0 Å². The monoisotopic (exact) mass is 358 g/mol. The van der Waals surface area contributed by atoms with E-state index in [0.29, 0.717) is 23.8 Å². The van der Waals surface area contributed by atoms with Gasteiger partial charge in [0.25, 0.3) is 0 Å². The number of benzene rings is 1. The molecular formula is C17H22N6O3. The van der Waals surface area contributed by atoms with Crippen LogP contribution in [0.5, 0.6) is 5.75 Å². The summed E-state index contributed by atoms with van der Waals surface area (Å²) in [5, 5.41) is 13.3. The van der Waals surface area contributed by atoms with Gasteiger partial charge in [-0.05, 0) is 18.6 Å². The third-order valence-corrected chi connectivity index (χ3v) is 4.07. The van der Waals surface area contributed by atoms with Crippen LogP contribution in [-0.2, 0) is 11.3 Å². The van der Waals surface area contributed by atoms with Crippen molar-refractivity contribution in [3.63, 3.8) is 0 Å². The van der Waals surface area contributed by atoms with Gasteiger partial charge in [-0.2, -0.15) is 0 Å². The molecule has 1 aromatic carbocycles. The van der Waals surface area contributed by atoms with Crippen LogP contribution in [0.1, 0.15) is 19.8 Å². The molecule has 3 rings (SSSR count). The fourth-order valence-electron chi connectivity index (χ4n) is 2.92. The molecule has 0 saturated carbocycles. The Morgan fingerprint density at radius 1 is 1.38 bits per heavy atom. The lowest BCUT2D eigenvalue weighted by molar-refractivity contribution is -0.117. The first kappa shape index (κ1) is 17.7. The smallest absolute Gasteiger partial charge is 0.320 e. The molecule has 0 spiro atoms. The molecule has 2 heterocycles. The number of nitrogens with zero attached hydrogens (tertiary/aromatic N) is 4. The maximum atomic E-state index is 12.3. The van der Waals surface area contributed by atoms with Crippen molar-refractivity contribution in [2.75, 3.05) is 23.9 Å². The number of carbonyl (C=O) groups is 2. The molecule has 3 amide bonds. The Morgan fingerprint density at radius 3 is 2.96 bits per heavy atom. The van der Waals surface area contributed by atoms with Gasteiger partial charge in [0, 0.05) is 19.5 Å². The minimum Gasteiger partial charge on any atom is -0.495 e. The van der Waals surface area contributed by atoms with Crippen molar-refractivity contribution in [1.82, 2.24) is 20.3 Å². The van der Waals surface area contributed by atoms with Gasteiger partial charge in [-0.1, -0.05) is 24.3 Å². The molecule has 26 heavy (non-hydrogen) atoms. The van der Waals surface area contributed by atoms with Crippen LogP contribution in [0.3, 0.4) is 0 Å². The third-order valence-electron chi connectivity index (χ3n) is 4.07. The van der Waals surface area contributed by atoms with E-state index in [-0.39, 0.29) is 18.4 Å². The predicted molar refractivity (Wildman–Crippen MR) is 96.2 cm³/mol. The number of urea groups is 1. The van der Waals surface area contributed by atoms with Crippen LogP contribution in [0.2, 0.25) is 0 Å². The number of aromatic nitrogens is 3. The number of carbonyl (C=O) groups excluding carboxylic acids is 2. The van der Waals surface area contributed by atoms with Crippen LogP contribution in [0, 0.1) is 0 Å². The first-order valence-corrected chi connectivity index (χ1v) is 8.51. The minimum absolute atomic E-state index is 0.0614. The predicted octanol–water partition coefficient (Wildman–Crippen LogP) is 1.62. The molecule has 9 nitrogen and oxygen atoms in total. The van der Waals surface area contributed by atoms with Crippen molar-refractivity contribution in [3.05, 3.63) is 30.5 Å². The Morgan fingerprint density at radius 2 is 2.19 bits per heavy atom. The van der Waals surface area contributed by atoms with Gasteiger partial charge in [0.1, 0.15) is 5.75 Å². The molecule has 1 aliphatic heterocycles. The highest BCUT2D eigenvalue weighted by Gasteiger charge is 2.33. The highest BCUT2D eigenvalue weighted by Crippen LogP contribution is 2.30. The molecule has 1 aliphatic rings. The van der Waals surface area contributed by atoms with E-state index in [1.54, 1.807) is 29.0 Å². The lowest BCUT2D eigenvalue weighted by Crippen LogP contribution is -2.39. The third kappa shape index (κ3) is 3.93. The molecule has 1 aromatic heterocycles. The van der Waals surface area contributed by atoms with Crippen molar-refractivity contribution in [2.24, 2.45) is 0 Å². The van der Waals surface area contributed by atoms with E-state index in [9.17, 15) is 9.59 Å². The molecule has 1 saturated heterocycles. The van der Waals surface area contributed by atoms with Crippen molar-refractivity contribution in [1.29, 1.82) is 0 Å². The van der Waals surface area contributed by atoms with E-state index in [1.165, 1.54) is 0 Å². The number of ether oxygens (including phenoxy) is 1. The SMILES string of the molecule is CCCn1cc(NC(=O)N[C@@H]2CC(=O)N(c3ccccc3OC)C2)nn1. The Labute approximate surface area is 151 Å². The van der Waals surface area contributed by atoms with Gasteiger partial charge in [0.05, 0.1) is 25.0 Å². The summed E-state index contributed by atoms with van der Waals surface area (Å²) in [4.78, 5) is 26.1. The minimum atomic E-state index is -0.409. The zero-order valence-electron chi connectivity index (χ0n) is 14.8. The number of amides is 3. The van der Waals surface area contributed by atoms with E-state index < -0.39 is 6.03 Å². The standard InChI is InChI=1S/C17H22N6O3/c1-3-8-22-11-15(20-21-22)19-17(25)18-12-9-16(24)23(10-12)13-6-4-5-7-14(13)26-2/h4-7,11-12H,3,8-10H2,1-2H3,(H2,18,19,25)/t12-/m1/s1. The molecule has 0 radical (unpaired) electrons. The topological polar surface area (TPSA) is 101 Å². The van der Waals surface area contributed by atoms with Crippen LogP contribution in [0.25, 0.3) is 0 Å². The largest absolute Gasteiger partial charge is 0.495 e. The molecule has 0 bridgehead atoms. The van der Waals surface area contributed by atoms with Crippen LogP contribution in [-0.4, -0.2) is 46.6 Å². The molecule has 2 aromatic rings. The number of methoxy groups -OCH3 is 1. The highest BCUT2D eigenvalue weighted by atomic mass is 16.5. The van der Waals surface area contributed by atoms with Crippen molar-refractivity contribution < 1.29 is 14.3 Å². The summed E-state index contributed by atoms with van der Waals surface area (Å²) in [5.74, 6) is 0.939. The second-order valence-electron chi connectivity index (χ2n) is 6.04. The van der Waals surface area contributed by atoms with E-state index in [1.807, 2.05) is 25.1 Å². The number of nitrogens with one attached hydrogen (secondary N) is 2. The average molecular weight is 358 g/mol. The summed E-state index contributed by atoms with van der Waals surface area (Å²) in [6.45, 7) is 3.16. The van der Waals surface area contributed by atoms with Crippen LogP contribution >= 0.6 is 0 Å². The number of hydrogen-bond acceptors (Lipinski definition) is 5. The first-order valence-electron chi connectivity index (χ1n) is 8.51. The Balaban J connectivity index is 1.59. The Bertz CT molecular complexity index is 790. The van der Waals surface area contributed by atoms with Gasteiger partial charge >= 0.3 is 6.03 Å². The van der Waals surface area contributed by atoms with Crippen LogP contribution < -0.4 is 20.3 Å². The van der Waals surface area contributed by atoms with Gasteiger partial charge in [-0.15, -0.1) is 5.10 Å². The number of rotatable bonds is 6. The van der Waals surface area contributed by atoms with Gasteiger partial charge in [-0.3, -0.25) is 14.8 Å². The van der Waals surface area contributed by atoms with Crippen molar-refractivity contribution >= 4 is 23.4 Å². The number of anilines is 2. The van der Waals surface area contributed by atoms with E-state index in [2.05, 4.69) is 20.9 Å². The summed E-state index contributed by atoms with van der Waals surface area (Å²) in [7, 11) is 1.56. The zero-order chi connectivity index (χ0) is 18.5. The molecule has 1 atom stereocenters. The van der Waals surface area contributed by atoms with Gasteiger partial charge < -0.3 is 15.0 Å². The Hall–Kier alpha value is -3.10. The summed E-state index contributed by atoms with van der Waals surface area (Å²) < 4.78 is 6.98. The van der Waals surface area contributed by atoms with Gasteiger partial charge in [0.15, 0.2) is 5.82 Å². The lowest BCUT2D eigenvalue weighted by atomic mass is 10.2. The first-order chi connectivity index (χ1) is 12.6.